The maximum atomic E-state index is 13.4. The van der Waals surface area contributed by atoms with Crippen LogP contribution in [-0.4, -0.2) is 59.1 Å². The van der Waals surface area contributed by atoms with Crippen molar-refractivity contribution < 1.29 is 44.7 Å². The molecule has 0 saturated heterocycles. The van der Waals surface area contributed by atoms with E-state index in [9.17, 15) is 45.4 Å². The Labute approximate surface area is 174 Å². The van der Waals surface area contributed by atoms with Crippen molar-refractivity contribution >= 4 is 28.9 Å². The lowest BCUT2D eigenvalue weighted by molar-refractivity contribution is -0.159. The fraction of sp³-hybridized carbons (Fsp3) is 0.300. The molecule has 1 aromatic carbocycles. The number of aliphatic hydroxyl groups excluding tert-OH is 2. The van der Waals surface area contributed by atoms with Crippen LogP contribution < -0.4 is 5.73 Å². The van der Waals surface area contributed by atoms with E-state index in [0.717, 1.165) is 0 Å². The van der Waals surface area contributed by atoms with Crippen molar-refractivity contribution in [2.75, 3.05) is 0 Å². The Morgan fingerprint density at radius 2 is 1.77 bits per heavy atom. The van der Waals surface area contributed by atoms with Gasteiger partial charge in [-0.15, -0.1) is 0 Å². The average Bonchev–Trinajstić information content (AvgIpc) is 2.68. The minimum Gasteiger partial charge on any atom is -0.507 e. The van der Waals surface area contributed by atoms with E-state index in [0.29, 0.717) is 0 Å². The van der Waals surface area contributed by atoms with Gasteiger partial charge < -0.3 is 36.8 Å². The molecule has 1 fully saturated rings. The summed E-state index contributed by atoms with van der Waals surface area (Å²) < 4.78 is 0. The summed E-state index contributed by atoms with van der Waals surface area (Å²) in [5, 5.41) is 53.7. The molecule has 7 N–H and O–H groups in total. The third-order valence-corrected chi connectivity index (χ3v) is 6.41. The van der Waals surface area contributed by atoms with Crippen molar-refractivity contribution in [1.29, 1.82) is 0 Å². The summed E-state index contributed by atoms with van der Waals surface area (Å²) in [4.78, 5) is 40.9. The number of ketones is 2. The van der Waals surface area contributed by atoms with Crippen LogP contribution in [0.25, 0.3) is 11.3 Å². The number of aliphatic hydroxyl groups is 4. The van der Waals surface area contributed by atoms with Crippen LogP contribution in [0.5, 0.6) is 5.75 Å². The molecule has 1 amide bonds. The first-order chi connectivity index (χ1) is 14.4. The molecule has 11 heteroatoms. The zero-order valence-electron chi connectivity index (χ0n) is 16.0. The van der Waals surface area contributed by atoms with E-state index < -0.39 is 81.1 Å². The zero-order chi connectivity index (χ0) is 23.0. The molecule has 0 bridgehead atoms. The Balaban J connectivity index is 2.05. The van der Waals surface area contributed by atoms with Crippen molar-refractivity contribution in [2.45, 2.75) is 24.5 Å². The predicted molar refractivity (Wildman–Crippen MR) is 101 cm³/mol. The first-order valence-corrected chi connectivity index (χ1v) is 9.16. The molecule has 31 heavy (non-hydrogen) atoms. The molecule has 3 unspecified atom stereocenters. The Hall–Kier alpha value is -3.79. The monoisotopic (exact) mass is 427 g/mol. The van der Waals surface area contributed by atoms with E-state index in [1.165, 1.54) is 25.1 Å². The third kappa shape index (κ3) is 2.27. The molecular formula is C20H17N3O8. The van der Waals surface area contributed by atoms with Crippen molar-refractivity contribution in [3.63, 3.8) is 0 Å². The standard InChI is InChI=1S/C20H17N3O8/c1-19(30)6-3-2-4-9(24)10(6)14(25)11-7(19)5-8-13(23-22)15(26)12(18(21)29)17(28)20(8,31)16(11)27/h2-4,7-8,24-26,30-31H,5H2,1H3,(H2,21,29)/t7?,8?,19-,20?/m1/s1. The molecule has 3 aliphatic rings. The van der Waals surface area contributed by atoms with Gasteiger partial charge in [-0.25, -0.2) is 0 Å². The molecule has 0 radical (unpaired) electrons. The molecule has 0 spiro atoms. The maximum absolute atomic E-state index is 13.4. The van der Waals surface area contributed by atoms with Gasteiger partial charge in [-0.1, -0.05) is 12.1 Å². The van der Waals surface area contributed by atoms with Crippen molar-refractivity contribution in [1.82, 2.24) is 0 Å². The highest BCUT2D eigenvalue weighted by Crippen LogP contribution is 2.55. The number of hydrogen-bond donors (Lipinski definition) is 6. The van der Waals surface area contributed by atoms with Crippen LogP contribution in [0.15, 0.2) is 35.1 Å². The van der Waals surface area contributed by atoms with Gasteiger partial charge in [-0.2, -0.15) is 4.79 Å². The minimum absolute atomic E-state index is 0.0826. The highest BCUT2D eigenvalue weighted by Gasteiger charge is 2.68. The lowest BCUT2D eigenvalue weighted by Gasteiger charge is -2.48. The fourth-order valence-electron chi connectivity index (χ4n) is 4.87. The SMILES string of the molecule is C[C@@]1(O)c2cccc(O)c2C(O)=C2C(=O)C3(O)C(=O)C(C(N)=O)=C(O)C(=[N+]=[N-])C3CC21. The number of phenolic OH excluding ortho intramolecular Hbond substituents is 1. The number of phenols is 1. The number of carbonyl (C=O) groups is 3. The molecule has 0 aromatic heterocycles. The van der Waals surface area contributed by atoms with Crippen molar-refractivity contribution in [3.05, 3.63) is 51.8 Å². The second-order valence-corrected chi connectivity index (χ2v) is 7.95. The average molecular weight is 427 g/mol. The van der Waals surface area contributed by atoms with E-state index >= 15 is 0 Å². The van der Waals surface area contributed by atoms with Crippen LogP contribution in [0.1, 0.15) is 24.5 Å². The second kappa shape index (κ2) is 6.11. The van der Waals surface area contributed by atoms with E-state index in [4.69, 9.17) is 5.73 Å². The van der Waals surface area contributed by atoms with Crippen LogP contribution in [0.3, 0.4) is 0 Å². The number of aromatic hydroxyl groups is 1. The lowest BCUT2D eigenvalue weighted by atomic mass is 9.55. The van der Waals surface area contributed by atoms with E-state index in [2.05, 4.69) is 4.79 Å². The van der Waals surface area contributed by atoms with Gasteiger partial charge in [0.05, 0.1) is 11.2 Å². The highest BCUT2D eigenvalue weighted by atomic mass is 16.3. The molecule has 1 aromatic rings. The number of allylic oxidation sites excluding steroid dienone is 1. The van der Waals surface area contributed by atoms with Crippen LogP contribution in [0.4, 0.5) is 0 Å². The van der Waals surface area contributed by atoms with Crippen LogP contribution in [0.2, 0.25) is 0 Å². The summed E-state index contributed by atoms with van der Waals surface area (Å²) >= 11 is 0. The molecule has 3 aliphatic carbocycles. The number of hydrogen-bond acceptors (Lipinski definition) is 8. The summed E-state index contributed by atoms with van der Waals surface area (Å²) in [6, 6.07) is 4.05. The Kier molecular flexibility index (Phi) is 4.04. The minimum atomic E-state index is -3.05. The van der Waals surface area contributed by atoms with Gasteiger partial charge in [0.1, 0.15) is 23.0 Å². The summed E-state index contributed by atoms with van der Waals surface area (Å²) in [7, 11) is 0. The molecule has 0 aliphatic heterocycles. The number of primary amides is 1. The smallest absolute Gasteiger partial charge is 0.341 e. The van der Waals surface area contributed by atoms with Crippen LogP contribution in [-0.2, 0) is 20.0 Å². The van der Waals surface area contributed by atoms with Crippen LogP contribution in [0, 0.1) is 11.8 Å². The third-order valence-electron chi connectivity index (χ3n) is 6.41. The van der Waals surface area contributed by atoms with Crippen molar-refractivity contribution in [2.24, 2.45) is 17.6 Å². The summed E-state index contributed by atoms with van der Waals surface area (Å²) in [5.74, 6) is -9.56. The zero-order valence-corrected chi connectivity index (χ0v) is 16.0. The quantitative estimate of drug-likeness (QED) is 0.146. The Bertz CT molecular complexity index is 1220. The van der Waals surface area contributed by atoms with Gasteiger partial charge in [0.15, 0.2) is 0 Å². The molecule has 4 rings (SSSR count). The first kappa shape index (κ1) is 20.5. The number of amides is 1. The van der Waals surface area contributed by atoms with Gasteiger partial charge in [0.2, 0.25) is 22.9 Å². The lowest BCUT2D eigenvalue weighted by Crippen LogP contribution is -2.65. The van der Waals surface area contributed by atoms with Crippen LogP contribution >= 0.6 is 0 Å². The van der Waals surface area contributed by atoms with Gasteiger partial charge in [-0.05, 0) is 25.0 Å². The second-order valence-electron chi connectivity index (χ2n) is 7.95. The number of rotatable bonds is 1. The Morgan fingerprint density at radius 1 is 1.13 bits per heavy atom. The molecule has 11 nitrogen and oxygen atoms in total. The van der Waals surface area contributed by atoms with E-state index in [1.807, 2.05) is 0 Å². The topological polar surface area (TPSA) is 215 Å². The van der Waals surface area contributed by atoms with Gasteiger partial charge >= 0.3 is 5.71 Å². The number of fused-ring (bicyclic) bond motifs is 3. The number of carbonyl (C=O) groups excluding carboxylic acids is 3. The van der Waals surface area contributed by atoms with E-state index in [1.54, 1.807) is 0 Å². The maximum Gasteiger partial charge on any atom is 0.341 e. The van der Waals surface area contributed by atoms with Gasteiger partial charge in [0.25, 0.3) is 5.91 Å². The Morgan fingerprint density at radius 3 is 2.35 bits per heavy atom. The molecule has 1 saturated carbocycles. The largest absolute Gasteiger partial charge is 0.507 e. The molecule has 0 heterocycles. The first-order valence-electron chi connectivity index (χ1n) is 9.16. The number of nitrogens with zero attached hydrogens (tertiary/aromatic N) is 2. The fourth-order valence-corrected chi connectivity index (χ4v) is 4.87. The number of benzene rings is 1. The summed E-state index contributed by atoms with van der Waals surface area (Å²) in [5.41, 5.74) is 7.01. The highest BCUT2D eigenvalue weighted by molar-refractivity contribution is 6.37. The van der Waals surface area contributed by atoms with Gasteiger partial charge in [0, 0.05) is 11.5 Å². The summed E-state index contributed by atoms with van der Waals surface area (Å²) in [6.07, 6.45) is -0.440. The number of Topliss-reactive ketones (excluding diaryl/α,β-unsaturated/α-hetero) is 2. The van der Waals surface area contributed by atoms with E-state index in [-0.39, 0.29) is 11.1 Å². The molecular weight excluding hydrogens is 410 g/mol. The normalized spacial score (nSPS) is 32.3. The predicted octanol–water partition coefficient (Wildman–Crippen LogP) is -0.630. The number of nitrogens with two attached hydrogens (primary N) is 1. The molecule has 4 atom stereocenters. The summed E-state index contributed by atoms with van der Waals surface area (Å²) in [6.45, 7) is 1.31. The molecule has 160 valence electrons. The van der Waals surface area contributed by atoms with Crippen molar-refractivity contribution in [3.8, 4) is 5.75 Å². The van der Waals surface area contributed by atoms with Gasteiger partial charge in [-0.3, -0.25) is 14.4 Å².